The third kappa shape index (κ3) is 12.2. The van der Waals surface area contributed by atoms with Crippen molar-refractivity contribution in [1.29, 1.82) is 0 Å². The van der Waals surface area contributed by atoms with Crippen LogP contribution < -0.4 is 11.1 Å². The summed E-state index contributed by atoms with van der Waals surface area (Å²) in [6.07, 6.45) is 2.72. The molecule has 18 heteroatoms. The minimum atomic E-state index is -0.995. The van der Waals surface area contributed by atoms with E-state index in [1.165, 1.54) is 15.0 Å². The Kier molecular flexibility index (Phi) is 19.3. The van der Waals surface area contributed by atoms with E-state index in [4.69, 9.17) is 11.5 Å². The second kappa shape index (κ2) is 21.4. The summed E-state index contributed by atoms with van der Waals surface area (Å²) in [5.41, 5.74) is 18.7. The Bertz CT molecular complexity index is 2030. The molecule has 3 heterocycles. The van der Waals surface area contributed by atoms with E-state index in [1.54, 1.807) is 17.5 Å². The minimum absolute atomic E-state index is 0. The summed E-state index contributed by atoms with van der Waals surface area (Å²) in [5, 5.41) is 3.36. The van der Waals surface area contributed by atoms with Gasteiger partial charge in [-0.05, 0) is 34.0 Å². The molecule has 0 bridgehead atoms. The molecule has 0 saturated heterocycles. The zero-order valence-corrected chi connectivity index (χ0v) is 34.2. The number of rotatable bonds is 7. The number of amides is 2. The molecule has 0 aliphatic carbocycles. The Morgan fingerprint density at radius 3 is 2.10 bits per heavy atom. The number of aromatic nitrogens is 4. The van der Waals surface area contributed by atoms with Gasteiger partial charge in [-0.15, -0.1) is 23.0 Å². The number of carbonyl (C=O) groups is 2. The number of hydrogen-bond acceptors (Lipinski definition) is 9. The summed E-state index contributed by atoms with van der Waals surface area (Å²) in [6.45, 7) is 4.22. The third-order valence-corrected chi connectivity index (χ3v) is 8.57. The van der Waals surface area contributed by atoms with Crippen LogP contribution in [0, 0.1) is 13.1 Å². The number of nitrogens with zero attached hydrogens (tertiary/aromatic N) is 2. The molecule has 0 fully saturated rings. The van der Waals surface area contributed by atoms with E-state index in [1.807, 2.05) is 12.1 Å². The smallest absolute Gasteiger partial charge is 0.632 e. The molecular formula is C31H24N6O6P2SV2Y-2. The van der Waals surface area contributed by atoms with E-state index in [0.717, 1.165) is 58.6 Å². The van der Waals surface area contributed by atoms with Crippen molar-refractivity contribution in [3.8, 4) is 33.0 Å². The van der Waals surface area contributed by atoms with E-state index < -0.39 is 12.2 Å². The van der Waals surface area contributed by atoms with Crippen molar-refractivity contribution in [2.75, 3.05) is 14.2 Å². The molecule has 3 radical (unpaired) electrons. The van der Waals surface area contributed by atoms with E-state index in [0.29, 0.717) is 11.1 Å². The first-order valence-corrected chi connectivity index (χ1v) is 15.8. The van der Waals surface area contributed by atoms with Crippen molar-refractivity contribution < 1.29 is 98.5 Å². The number of carbonyl (C=O) groups excluding carboxylic acids is 4. The Balaban J connectivity index is 0.000000817. The summed E-state index contributed by atoms with van der Waals surface area (Å²) in [4.78, 5) is 55.7. The second-order valence-corrected chi connectivity index (χ2v) is 12.0. The molecule has 2 amide bonds. The van der Waals surface area contributed by atoms with Gasteiger partial charge in [0.05, 0.1) is 31.7 Å². The molecule has 2 atom stereocenters. The normalized spacial score (nSPS) is 10.2. The zero-order chi connectivity index (χ0) is 33.2. The van der Waals surface area contributed by atoms with Gasteiger partial charge in [0, 0.05) is 47.8 Å². The molecule has 4 N–H and O–H groups in total. The summed E-state index contributed by atoms with van der Waals surface area (Å²) >= 11 is 1.74. The molecule has 0 aliphatic rings. The first-order valence-electron chi connectivity index (χ1n) is 13.0. The maximum absolute atomic E-state index is 10.7. The van der Waals surface area contributed by atoms with Crippen molar-refractivity contribution >= 4 is 84.7 Å². The molecule has 0 saturated carbocycles. The van der Waals surface area contributed by atoms with Crippen LogP contribution in [0.15, 0.2) is 60.8 Å². The molecule has 6 aromatic rings. The molecule has 49 heavy (non-hydrogen) atoms. The number of ether oxygens (including phenoxy) is 2. The van der Waals surface area contributed by atoms with Crippen LogP contribution in [0.1, 0.15) is 5.56 Å². The first kappa shape index (κ1) is 44.2. The van der Waals surface area contributed by atoms with E-state index in [9.17, 15) is 19.2 Å². The molecular weight excluding hydrogens is 837 g/mol. The number of hydrogen-bond donors (Lipinski definition) is 2. The van der Waals surface area contributed by atoms with E-state index in [-0.39, 0.29) is 87.0 Å². The van der Waals surface area contributed by atoms with Crippen LogP contribution in [-0.2, 0) is 88.9 Å². The van der Waals surface area contributed by atoms with Crippen molar-refractivity contribution in [3.05, 3.63) is 90.9 Å². The van der Waals surface area contributed by atoms with Crippen LogP contribution in [0.3, 0.4) is 0 Å². The molecule has 0 spiro atoms. The summed E-state index contributed by atoms with van der Waals surface area (Å²) in [7, 11) is 2.09. The fourth-order valence-electron chi connectivity index (χ4n) is 4.17. The second-order valence-electron chi connectivity index (χ2n) is 9.09. The summed E-state index contributed by atoms with van der Waals surface area (Å²) in [5.74, 6) is 0. The standard InChI is InChI=1S/C27H16N4O2P2S.2C2H5NO2.2V.Y/c1-15-6-20-7-18(4-2-16(20)8-21(15)23-12-29-27(31-23)35-14-33)25-10-19-5-3-17(9-24(19)36-25)22-11-28-26(30-22)34-13-32;2*1-5-2(3)4;;;/h2-11,34-35H,1H2,(H,28,30)(H,29,31);2*1H3,(H2,3,4);;;/q-4;;;2*+2;/p-2. The van der Waals surface area contributed by atoms with Gasteiger partial charge in [-0.25, -0.2) is 25.6 Å². The van der Waals surface area contributed by atoms with Gasteiger partial charge >= 0.3 is 37.1 Å². The molecule has 6 rings (SSSR count). The average Bonchev–Trinajstić information content (AvgIpc) is 3.81. The molecule has 245 valence electrons. The monoisotopic (exact) mass is 861 g/mol. The zero-order valence-electron chi connectivity index (χ0n) is 25.7. The number of methoxy groups -OCH3 is 2. The molecule has 0 aliphatic heterocycles. The van der Waals surface area contributed by atoms with Gasteiger partial charge in [-0.1, -0.05) is 47.6 Å². The maximum atomic E-state index is 10.7. The Morgan fingerprint density at radius 1 is 0.857 bits per heavy atom. The largest absolute Gasteiger partial charge is 2.00 e. The predicted octanol–water partition coefficient (Wildman–Crippen LogP) is 6.83. The van der Waals surface area contributed by atoms with Crippen LogP contribution in [0.2, 0.25) is 0 Å². The topological polar surface area (TPSA) is 192 Å². The number of fused-ring (bicyclic) bond motifs is 2. The van der Waals surface area contributed by atoms with Gasteiger partial charge in [0.25, 0.3) is 0 Å². The molecule has 3 aromatic carbocycles. The van der Waals surface area contributed by atoms with Gasteiger partial charge in [-0.3, -0.25) is 9.59 Å². The van der Waals surface area contributed by atoms with Crippen LogP contribution in [0.25, 0.3) is 65.3 Å². The van der Waals surface area contributed by atoms with E-state index in [2.05, 4.69) is 97.1 Å². The number of imidazole rings is 2. The Labute approximate surface area is 338 Å². The fourth-order valence-corrected chi connectivity index (χ4v) is 6.09. The number of benzene rings is 3. The average molecular weight is 861 g/mol. The van der Waals surface area contributed by atoms with Gasteiger partial charge in [-0.2, -0.15) is 27.1 Å². The van der Waals surface area contributed by atoms with Gasteiger partial charge in [0.15, 0.2) is 0 Å². The minimum Gasteiger partial charge on any atom is -0.632 e. The summed E-state index contributed by atoms with van der Waals surface area (Å²) in [6, 6.07) is 22.9. The SMILES string of the molecule is COC([NH-])=O.COC([NH-])=O.[CH2-]c1cc2cc(-c3cc4ccc(-c5cnc(P[C-]=O)[nH]5)cc4s3)ccc2cc1-c1[c-]nc(P[C-]=O)[nH]1.[V+2].[V+2].[Y]. The van der Waals surface area contributed by atoms with Crippen LogP contribution in [-0.4, -0.2) is 58.4 Å². The summed E-state index contributed by atoms with van der Waals surface area (Å²) < 4.78 is 8.73. The number of thiophene rings is 1. The quantitative estimate of drug-likeness (QED) is 0.129. The molecule has 3 aromatic heterocycles. The maximum Gasteiger partial charge on any atom is 2.00 e. The Hall–Kier alpha value is -2.82. The first-order chi connectivity index (χ1) is 22.1. The van der Waals surface area contributed by atoms with Crippen LogP contribution in [0.5, 0.6) is 0 Å². The van der Waals surface area contributed by atoms with Crippen molar-refractivity contribution in [2.45, 2.75) is 0 Å². The number of H-pyrrole nitrogens is 2. The number of aromatic amines is 2. The Morgan fingerprint density at radius 2 is 1.47 bits per heavy atom. The molecule has 2 unspecified atom stereocenters. The third-order valence-electron chi connectivity index (χ3n) is 6.26. The van der Waals surface area contributed by atoms with Crippen molar-refractivity contribution in [1.82, 2.24) is 19.9 Å². The van der Waals surface area contributed by atoms with Crippen LogP contribution >= 0.6 is 28.5 Å². The van der Waals surface area contributed by atoms with Gasteiger partial charge in [0.1, 0.15) is 0 Å². The van der Waals surface area contributed by atoms with Crippen molar-refractivity contribution in [2.24, 2.45) is 0 Å². The van der Waals surface area contributed by atoms with Crippen LogP contribution in [0.4, 0.5) is 9.59 Å². The van der Waals surface area contributed by atoms with E-state index >= 15 is 0 Å². The molecule has 12 nitrogen and oxygen atoms in total. The predicted molar refractivity (Wildman–Crippen MR) is 184 cm³/mol. The fraction of sp³-hybridized carbons (Fsp3) is 0.0645. The number of nitrogens with one attached hydrogen (secondary N) is 4. The van der Waals surface area contributed by atoms with Gasteiger partial charge in [0.2, 0.25) is 12.2 Å². The van der Waals surface area contributed by atoms with Crippen molar-refractivity contribution in [3.63, 3.8) is 0 Å². The van der Waals surface area contributed by atoms with Gasteiger partial charge < -0.3 is 45.5 Å².